The van der Waals surface area contributed by atoms with Crippen molar-refractivity contribution in [3.63, 3.8) is 0 Å². The predicted octanol–water partition coefficient (Wildman–Crippen LogP) is 1.87. The lowest BCUT2D eigenvalue weighted by molar-refractivity contribution is -0.129. The third-order valence-electron chi connectivity index (χ3n) is 4.32. The van der Waals surface area contributed by atoms with Gasteiger partial charge in [-0.3, -0.25) is 4.79 Å². The zero-order valence-corrected chi connectivity index (χ0v) is 12.5. The fourth-order valence-corrected chi connectivity index (χ4v) is 3.16. The van der Waals surface area contributed by atoms with Gasteiger partial charge in [-0.15, -0.1) is 0 Å². The fraction of sp³-hybridized carbons (Fsp3) is 0.562. The molecule has 1 aromatic carbocycles. The molecule has 1 atom stereocenters. The first kappa shape index (κ1) is 14.0. The zero-order chi connectivity index (χ0) is 14.8. The molecule has 1 amide bonds. The number of nitrogen functional groups attached to an aromatic ring is 1. The summed E-state index contributed by atoms with van der Waals surface area (Å²) in [6.07, 6.45) is 2.64. The van der Waals surface area contributed by atoms with Gasteiger partial charge in [-0.1, -0.05) is 6.92 Å². The summed E-state index contributed by atoms with van der Waals surface area (Å²) < 4.78 is 5.70. The first-order chi connectivity index (χ1) is 10.2. The van der Waals surface area contributed by atoms with Crippen LogP contribution in [-0.4, -0.2) is 43.1 Å². The molecule has 0 bridgehead atoms. The van der Waals surface area contributed by atoms with E-state index >= 15 is 0 Å². The summed E-state index contributed by atoms with van der Waals surface area (Å²) in [5.41, 5.74) is 7.78. The van der Waals surface area contributed by atoms with Crippen molar-refractivity contribution < 1.29 is 9.53 Å². The molecule has 2 fully saturated rings. The highest BCUT2D eigenvalue weighted by molar-refractivity contribution is 5.79. The van der Waals surface area contributed by atoms with Crippen LogP contribution in [0.1, 0.15) is 26.2 Å². The van der Waals surface area contributed by atoms with Gasteiger partial charge in [-0.2, -0.15) is 0 Å². The number of anilines is 2. The number of piperazine rings is 1. The van der Waals surface area contributed by atoms with Crippen molar-refractivity contribution in [3.8, 4) is 5.75 Å². The molecule has 0 aromatic heterocycles. The molecular weight excluding hydrogens is 266 g/mol. The Kier molecular flexibility index (Phi) is 3.90. The van der Waals surface area contributed by atoms with Crippen molar-refractivity contribution in [1.82, 2.24) is 4.90 Å². The van der Waals surface area contributed by atoms with E-state index in [1.165, 1.54) is 0 Å². The average molecular weight is 289 g/mol. The van der Waals surface area contributed by atoms with Crippen molar-refractivity contribution in [2.24, 2.45) is 0 Å². The Labute approximate surface area is 125 Å². The summed E-state index contributed by atoms with van der Waals surface area (Å²) in [5.74, 6) is 1.07. The van der Waals surface area contributed by atoms with Gasteiger partial charge < -0.3 is 20.3 Å². The largest absolute Gasteiger partial charge is 0.491 e. The molecule has 2 aliphatic heterocycles. The van der Waals surface area contributed by atoms with Crippen molar-refractivity contribution in [2.45, 2.75) is 32.2 Å². The number of rotatable bonds is 4. The average Bonchev–Trinajstić information content (AvgIpc) is 2.87. The third kappa shape index (κ3) is 2.77. The third-order valence-corrected chi connectivity index (χ3v) is 4.32. The van der Waals surface area contributed by atoms with Gasteiger partial charge in [0.25, 0.3) is 0 Å². The van der Waals surface area contributed by atoms with Gasteiger partial charge in [-0.25, -0.2) is 0 Å². The van der Waals surface area contributed by atoms with Crippen LogP contribution in [0.3, 0.4) is 0 Å². The molecular formula is C16H23N3O2. The number of carbonyl (C=O) groups excluding carboxylic acids is 1. The van der Waals surface area contributed by atoms with Gasteiger partial charge in [0.1, 0.15) is 5.75 Å². The molecule has 0 aliphatic carbocycles. The van der Waals surface area contributed by atoms with E-state index < -0.39 is 0 Å². The highest BCUT2D eigenvalue weighted by atomic mass is 16.5. The van der Waals surface area contributed by atoms with Crippen molar-refractivity contribution >= 4 is 17.3 Å². The summed E-state index contributed by atoms with van der Waals surface area (Å²) in [6.45, 7) is 5.36. The minimum absolute atomic E-state index is 0.309. The zero-order valence-electron chi connectivity index (χ0n) is 12.5. The first-order valence-electron chi connectivity index (χ1n) is 7.75. The van der Waals surface area contributed by atoms with E-state index in [-0.39, 0.29) is 0 Å². The van der Waals surface area contributed by atoms with E-state index in [1.54, 1.807) is 0 Å². The van der Waals surface area contributed by atoms with E-state index in [0.29, 0.717) is 30.7 Å². The van der Waals surface area contributed by atoms with Crippen molar-refractivity contribution in [2.75, 3.05) is 36.9 Å². The van der Waals surface area contributed by atoms with E-state index in [2.05, 4.69) is 11.8 Å². The summed E-state index contributed by atoms with van der Waals surface area (Å²) >= 11 is 0. The van der Waals surface area contributed by atoms with Crippen LogP contribution in [-0.2, 0) is 4.79 Å². The van der Waals surface area contributed by atoms with Crippen LogP contribution in [0.5, 0.6) is 5.75 Å². The van der Waals surface area contributed by atoms with Gasteiger partial charge in [0, 0.05) is 43.9 Å². The first-order valence-corrected chi connectivity index (χ1v) is 7.75. The lowest BCUT2D eigenvalue weighted by atomic mass is 10.1. The maximum absolute atomic E-state index is 11.7. The molecule has 1 unspecified atom stereocenters. The molecule has 2 N–H and O–H groups in total. The Balaban J connectivity index is 1.73. The molecule has 5 nitrogen and oxygen atoms in total. The van der Waals surface area contributed by atoms with E-state index in [9.17, 15) is 4.79 Å². The Morgan fingerprint density at radius 2 is 2.24 bits per heavy atom. The van der Waals surface area contributed by atoms with Crippen LogP contribution < -0.4 is 15.4 Å². The second kappa shape index (κ2) is 5.84. The summed E-state index contributed by atoms with van der Waals surface area (Å²) in [5, 5.41) is 0. The monoisotopic (exact) mass is 289 g/mol. The fourth-order valence-electron chi connectivity index (χ4n) is 3.16. The minimum atomic E-state index is 0.309. The normalized spacial score (nSPS) is 21.6. The number of amides is 1. The van der Waals surface area contributed by atoms with Gasteiger partial charge >= 0.3 is 0 Å². The highest BCUT2D eigenvalue weighted by Crippen LogP contribution is 2.31. The number of hydrogen-bond acceptors (Lipinski definition) is 4. The number of fused-ring (bicyclic) bond motifs is 1. The highest BCUT2D eigenvalue weighted by Gasteiger charge is 2.35. The molecule has 2 heterocycles. The quantitative estimate of drug-likeness (QED) is 0.860. The van der Waals surface area contributed by atoms with Crippen LogP contribution in [0.15, 0.2) is 18.2 Å². The standard InChI is InChI=1S/C16H23N3O2/c1-2-9-21-15-10-12(3-5-14(15)17)18-7-8-19-13(11-18)4-6-16(19)20/h3,5,10,13H,2,4,6-9,11,17H2,1H3. The Morgan fingerprint density at radius 1 is 1.38 bits per heavy atom. The van der Waals surface area contributed by atoms with E-state index in [4.69, 9.17) is 10.5 Å². The maximum Gasteiger partial charge on any atom is 0.223 e. The van der Waals surface area contributed by atoms with Gasteiger partial charge in [0.2, 0.25) is 5.91 Å². The SMILES string of the molecule is CCCOc1cc(N2CCN3C(=O)CCC3C2)ccc1N. The van der Waals surface area contributed by atoms with E-state index in [1.807, 2.05) is 23.1 Å². The number of carbonyl (C=O) groups is 1. The molecule has 2 aliphatic rings. The van der Waals surface area contributed by atoms with Crippen LogP contribution in [0, 0.1) is 0 Å². The number of nitrogens with two attached hydrogens (primary N) is 1. The van der Waals surface area contributed by atoms with Crippen molar-refractivity contribution in [3.05, 3.63) is 18.2 Å². The van der Waals surface area contributed by atoms with Crippen molar-refractivity contribution in [1.29, 1.82) is 0 Å². The van der Waals surface area contributed by atoms with Crippen LogP contribution in [0.25, 0.3) is 0 Å². The molecule has 1 aromatic rings. The number of hydrogen-bond donors (Lipinski definition) is 1. The molecule has 3 rings (SSSR count). The molecule has 0 radical (unpaired) electrons. The minimum Gasteiger partial charge on any atom is -0.491 e. The van der Waals surface area contributed by atoms with E-state index in [0.717, 1.165) is 43.9 Å². The van der Waals surface area contributed by atoms with Crippen LogP contribution in [0.2, 0.25) is 0 Å². The molecule has 21 heavy (non-hydrogen) atoms. The summed E-state index contributed by atoms with van der Waals surface area (Å²) in [6, 6.07) is 6.34. The predicted molar refractivity (Wildman–Crippen MR) is 83.6 cm³/mol. The second-order valence-electron chi connectivity index (χ2n) is 5.80. The van der Waals surface area contributed by atoms with Gasteiger partial charge in [-0.05, 0) is 25.0 Å². The lowest BCUT2D eigenvalue weighted by Crippen LogP contribution is -2.51. The number of benzene rings is 1. The Hall–Kier alpha value is -1.91. The molecule has 2 saturated heterocycles. The lowest BCUT2D eigenvalue weighted by Gasteiger charge is -2.39. The van der Waals surface area contributed by atoms with Gasteiger partial charge in [0.15, 0.2) is 0 Å². The Bertz CT molecular complexity index is 532. The molecule has 114 valence electrons. The topological polar surface area (TPSA) is 58.8 Å². The molecule has 5 heteroatoms. The Morgan fingerprint density at radius 3 is 3.05 bits per heavy atom. The summed E-state index contributed by atoms with van der Waals surface area (Å²) in [7, 11) is 0. The number of ether oxygens (including phenoxy) is 1. The molecule has 0 saturated carbocycles. The number of nitrogens with zero attached hydrogens (tertiary/aromatic N) is 2. The summed E-state index contributed by atoms with van der Waals surface area (Å²) in [4.78, 5) is 16.1. The maximum atomic E-state index is 11.7. The van der Waals surface area contributed by atoms with Crippen LogP contribution in [0.4, 0.5) is 11.4 Å². The van der Waals surface area contributed by atoms with Gasteiger partial charge in [0.05, 0.1) is 12.3 Å². The second-order valence-corrected chi connectivity index (χ2v) is 5.80. The molecule has 0 spiro atoms. The smallest absolute Gasteiger partial charge is 0.223 e. The van der Waals surface area contributed by atoms with Crippen LogP contribution >= 0.6 is 0 Å².